The van der Waals surface area contributed by atoms with E-state index in [9.17, 15) is 28.3 Å². The third-order valence-electron chi connectivity index (χ3n) is 5.82. The molecule has 188 valence electrons. The van der Waals surface area contributed by atoms with Gasteiger partial charge in [-0.05, 0) is 25.1 Å². The Balaban J connectivity index is 1.74. The molecule has 0 atom stereocenters. The summed E-state index contributed by atoms with van der Waals surface area (Å²) in [4.78, 5) is 40.3. The Morgan fingerprint density at radius 1 is 1.14 bits per heavy atom. The van der Waals surface area contributed by atoms with Crippen LogP contribution in [0.2, 0.25) is 0 Å². The molecule has 0 unspecified atom stereocenters. The smallest absolute Gasteiger partial charge is 0.278 e. The lowest BCUT2D eigenvalue weighted by atomic mass is 10.1. The van der Waals surface area contributed by atoms with Crippen molar-refractivity contribution < 1.29 is 28.2 Å². The van der Waals surface area contributed by atoms with Gasteiger partial charge < -0.3 is 20.1 Å². The number of amides is 2. The lowest BCUT2D eigenvalue weighted by Gasteiger charge is -2.39. The van der Waals surface area contributed by atoms with Crippen LogP contribution in [0.4, 0.5) is 14.5 Å². The number of ether oxygens (including phenoxy) is 1. The summed E-state index contributed by atoms with van der Waals surface area (Å²) in [5.74, 6) is -4.01. The van der Waals surface area contributed by atoms with Crippen LogP contribution >= 0.6 is 0 Å². The van der Waals surface area contributed by atoms with Crippen molar-refractivity contribution in [1.82, 2.24) is 14.9 Å². The highest BCUT2D eigenvalue weighted by Gasteiger charge is 2.34. The first kappa shape index (κ1) is 24.9. The van der Waals surface area contributed by atoms with Gasteiger partial charge in [-0.2, -0.15) is 0 Å². The molecule has 2 amide bonds. The predicted octanol–water partition coefficient (Wildman–Crippen LogP) is 2.40. The number of halogens is 2. The van der Waals surface area contributed by atoms with Gasteiger partial charge in [-0.3, -0.25) is 19.4 Å². The number of anilines is 1. The van der Waals surface area contributed by atoms with Gasteiger partial charge in [0.25, 0.3) is 11.8 Å². The summed E-state index contributed by atoms with van der Waals surface area (Å²) >= 11 is 0. The van der Waals surface area contributed by atoms with E-state index in [2.05, 4.69) is 5.32 Å². The van der Waals surface area contributed by atoms with Gasteiger partial charge in [-0.1, -0.05) is 23.8 Å². The number of carbonyl (C=O) groups is 2. The largest absolute Gasteiger partial charge is 0.502 e. The van der Waals surface area contributed by atoms with Gasteiger partial charge >= 0.3 is 0 Å². The summed E-state index contributed by atoms with van der Waals surface area (Å²) < 4.78 is 33.4. The maximum atomic E-state index is 14.0. The zero-order valence-electron chi connectivity index (χ0n) is 19.6. The quantitative estimate of drug-likeness (QED) is 0.519. The van der Waals surface area contributed by atoms with Crippen LogP contribution in [0.1, 0.15) is 32.0 Å². The monoisotopic (exact) mass is 498 g/mol. The number of carbonyl (C=O) groups excluding carboxylic acids is 2. The van der Waals surface area contributed by atoms with Crippen LogP contribution in [0, 0.1) is 18.6 Å². The molecule has 0 radical (unpaired) electrons. The average Bonchev–Trinajstić information content (AvgIpc) is 2.85. The van der Waals surface area contributed by atoms with Gasteiger partial charge in [0, 0.05) is 38.0 Å². The Morgan fingerprint density at radius 2 is 1.86 bits per heavy atom. The third-order valence-corrected chi connectivity index (χ3v) is 5.82. The Kier molecular flexibility index (Phi) is 7.02. The zero-order valence-corrected chi connectivity index (χ0v) is 19.6. The maximum Gasteiger partial charge on any atom is 0.278 e. The summed E-state index contributed by atoms with van der Waals surface area (Å²) in [6.45, 7) is 2.09. The summed E-state index contributed by atoms with van der Waals surface area (Å²) in [5.41, 5.74) is -0.154. The highest BCUT2D eigenvalue weighted by atomic mass is 19.1. The lowest BCUT2D eigenvalue weighted by Crippen LogP contribution is -2.53. The van der Waals surface area contributed by atoms with Crippen molar-refractivity contribution in [1.29, 1.82) is 0 Å². The highest BCUT2D eigenvalue weighted by molar-refractivity contribution is 5.99. The molecule has 0 fully saturated rings. The first-order valence-electron chi connectivity index (χ1n) is 11.0. The Bertz CT molecular complexity index is 1370. The fourth-order valence-corrected chi connectivity index (χ4v) is 3.82. The van der Waals surface area contributed by atoms with Gasteiger partial charge in [-0.15, -0.1) is 0 Å². The predicted molar refractivity (Wildman–Crippen MR) is 127 cm³/mol. The van der Waals surface area contributed by atoms with E-state index in [1.54, 1.807) is 17.1 Å². The summed E-state index contributed by atoms with van der Waals surface area (Å²) in [6, 6.07) is 10.2. The number of hydrogen-bond acceptors (Lipinski definition) is 6. The maximum absolute atomic E-state index is 14.0. The van der Waals surface area contributed by atoms with Gasteiger partial charge in [-0.25, -0.2) is 13.5 Å². The molecule has 0 saturated carbocycles. The number of nitrogens with zero attached hydrogens (tertiary/aromatic N) is 3. The number of fused-ring (bicyclic) bond motifs is 1. The van der Waals surface area contributed by atoms with Crippen LogP contribution in [-0.2, 0) is 11.3 Å². The van der Waals surface area contributed by atoms with Crippen LogP contribution in [-0.4, -0.2) is 53.4 Å². The molecule has 2 aromatic carbocycles. The fraction of sp³-hybridized carbons (Fsp3) is 0.240. The van der Waals surface area contributed by atoms with E-state index in [-0.39, 0.29) is 37.6 Å². The molecule has 3 aromatic rings. The average molecular weight is 498 g/mol. The van der Waals surface area contributed by atoms with Gasteiger partial charge in [0.15, 0.2) is 11.4 Å². The summed E-state index contributed by atoms with van der Waals surface area (Å²) in [6.07, 6.45) is 1.17. The molecule has 11 heteroatoms. The molecule has 0 aliphatic carbocycles. The van der Waals surface area contributed by atoms with Gasteiger partial charge in [0.05, 0.1) is 12.3 Å². The second-order valence-corrected chi connectivity index (χ2v) is 8.27. The van der Waals surface area contributed by atoms with Gasteiger partial charge in [0.1, 0.15) is 23.9 Å². The van der Waals surface area contributed by atoms with Crippen LogP contribution in [0.5, 0.6) is 5.75 Å². The number of methoxy groups -OCH3 is 1. The summed E-state index contributed by atoms with van der Waals surface area (Å²) in [5, 5.41) is 14.8. The second-order valence-electron chi connectivity index (χ2n) is 8.27. The van der Waals surface area contributed by atoms with E-state index in [0.29, 0.717) is 11.8 Å². The topological polar surface area (TPSA) is 104 Å². The molecule has 0 bridgehead atoms. The first-order chi connectivity index (χ1) is 17.2. The van der Waals surface area contributed by atoms with E-state index in [0.717, 1.165) is 11.6 Å². The van der Waals surface area contributed by atoms with Gasteiger partial charge in [0.2, 0.25) is 5.43 Å². The van der Waals surface area contributed by atoms with Crippen molar-refractivity contribution >= 4 is 17.5 Å². The van der Waals surface area contributed by atoms with Crippen molar-refractivity contribution in [3.05, 3.63) is 92.9 Å². The molecule has 0 saturated heterocycles. The molecule has 4 rings (SSSR count). The zero-order chi connectivity index (χ0) is 26.0. The van der Waals surface area contributed by atoms with Crippen molar-refractivity contribution in [3.63, 3.8) is 0 Å². The molecular weight excluding hydrogens is 474 g/mol. The molecule has 1 aliphatic rings. The first-order valence-corrected chi connectivity index (χ1v) is 11.0. The third kappa shape index (κ3) is 4.78. The van der Waals surface area contributed by atoms with Crippen molar-refractivity contribution in [3.8, 4) is 5.75 Å². The van der Waals surface area contributed by atoms with Crippen LogP contribution in [0.25, 0.3) is 0 Å². The van der Waals surface area contributed by atoms with E-state index in [1.165, 1.54) is 28.9 Å². The van der Waals surface area contributed by atoms with Crippen LogP contribution < -0.4 is 15.8 Å². The summed E-state index contributed by atoms with van der Waals surface area (Å²) in [7, 11) is 1.49. The second kappa shape index (κ2) is 10.2. The number of nitrogens with one attached hydrogen (secondary N) is 1. The fourth-order valence-electron chi connectivity index (χ4n) is 3.82. The van der Waals surface area contributed by atoms with E-state index in [4.69, 9.17) is 4.74 Å². The standard InChI is InChI=1S/C25H24F2N4O5/c1-15-3-7-18(8-4-15)31-14-29(9-10-36-2)25(35)21-23(33)22(32)19(13-30(21)31)24(34)28-12-16-5-6-17(26)11-20(16)27/h3-8,11,13,33H,9-10,12,14H2,1-2H3,(H,28,34). The Hall–Kier alpha value is -4.25. The Labute approximate surface area is 205 Å². The molecule has 9 nitrogen and oxygen atoms in total. The van der Waals surface area contributed by atoms with Crippen LogP contribution in [0.15, 0.2) is 53.5 Å². The number of benzene rings is 2. The SMILES string of the molecule is COCCN1CN(c2ccc(C)cc2)n2cc(C(=O)NCc3ccc(F)cc3F)c(=O)c(O)c2C1=O. The van der Waals surface area contributed by atoms with Crippen LogP contribution in [0.3, 0.4) is 0 Å². The van der Waals surface area contributed by atoms with E-state index < -0.39 is 40.2 Å². The number of hydrogen-bond donors (Lipinski definition) is 2. The normalized spacial score (nSPS) is 13.1. The van der Waals surface area contributed by atoms with Crippen molar-refractivity contribution in [2.45, 2.75) is 13.5 Å². The van der Waals surface area contributed by atoms with Crippen molar-refractivity contribution in [2.24, 2.45) is 0 Å². The highest BCUT2D eigenvalue weighted by Crippen LogP contribution is 2.27. The molecular formula is C25H24F2N4O5. The van der Waals surface area contributed by atoms with E-state index in [1.807, 2.05) is 19.1 Å². The molecule has 2 N–H and O–H groups in total. The molecule has 36 heavy (non-hydrogen) atoms. The number of aromatic nitrogens is 1. The molecule has 2 heterocycles. The van der Waals surface area contributed by atoms with Crippen molar-refractivity contribution in [2.75, 3.05) is 31.9 Å². The molecule has 1 aliphatic heterocycles. The number of rotatable bonds is 7. The molecule has 0 spiro atoms. The minimum absolute atomic E-state index is 0.0114. The number of aryl methyl sites for hydroxylation is 1. The lowest BCUT2D eigenvalue weighted by molar-refractivity contribution is 0.0636. The van der Waals surface area contributed by atoms with E-state index >= 15 is 0 Å². The minimum atomic E-state index is -1.05. The minimum Gasteiger partial charge on any atom is -0.502 e. The number of pyridine rings is 1. The number of aromatic hydroxyl groups is 1. The Morgan fingerprint density at radius 3 is 2.53 bits per heavy atom. The molecule has 1 aromatic heterocycles.